The molecule has 2 atom stereocenters. The lowest BCUT2D eigenvalue weighted by Gasteiger charge is -2.23. The monoisotopic (exact) mass is 299 g/mol. The number of fused-ring (bicyclic) bond motifs is 1. The number of carbonyl (C=O) groups is 1. The molecular formula is C16H17N3OS. The van der Waals surface area contributed by atoms with Crippen LogP contribution in [0.4, 0.5) is 4.79 Å². The summed E-state index contributed by atoms with van der Waals surface area (Å²) in [6.45, 7) is 1.81. The van der Waals surface area contributed by atoms with Gasteiger partial charge in [-0.25, -0.2) is 9.80 Å². The number of urea groups is 1. The Labute approximate surface area is 129 Å². The van der Waals surface area contributed by atoms with Crippen molar-refractivity contribution in [2.75, 3.05) is 0 Å². The van der Waals surface area contributed by atoms with Crippen molar-refractivity contribution in [3.05, 3.63) is 48.0 Å². The third kappa shape index (κ3) is 2.88. The van der Waals surface area contributed by atoms with Crippen LogP contribution in [0.15, 0.2) is 47.6 Å². The number of carbonyl (C=O) groups excluding carboxylic acids is 1. The van der Waals surface area contributed by atoms with E-state index in [1.54, 1.807) is 6.21 Å². The lowest BCUT2D eigenvalue weighted by molar-refractivity contribution is 0.186. The van der Waals surface area contributed by atoms with Gasteiger partial charge < -0.3 is 5.32 Å². The lowest BCUT2D eigenvalue weighted by atomic mass is 10.0. The first-order chi connectivity index (χ1) is 10.1. The Balaban J connectivity index is 1.88. The van der Waals surface area contributed by atoms with Crippen LogP contribution in [0.3, 0.4) is 0 Å². The Morgan fingerprint density at radius 1 is 1.33 bits per heavy atom. The second-order valence-corrected chi connectivity index (χ2v) is 5.90. The van der Waals surface area contributed by atoms with Crippen molar-refractivity contribution in [3.8, 4) is 0 Å². The van der Waals surface area contributed by atoms with Crippen molar-refractivity contribution in [3.63, 3.8) is 0 Å². The van der Waals surface area contributed by atoms with Gasteiger partial charge >= 0.3 is 6.03 Å². The fourth-order valence-corrected chi connectivity index (χ4v) is 2.66. The van der Waals surface area contributed by atoms with Gasteiger partial charge in [-0.3, -0.25) is 0 Å². The smallest absolute Gasteiger partial charge is 0.325 e. The summed E-state index contributed by atoms with van der Waals surface area (Å²) in [6, 6.07) is 14.2. The standard InChI is InChI=1S/C16H17N3OS/c1-11(21)18-16(20)19-15(8-9-17-19)14-7-6-12-4-2-3-5-13(12)10-14/h2-7,9-11,15,21H,8H2,1H3,(H,18,20). The zero-order valence-corrected chi connectivity index (χ0v) is 12.6. The first-order valence-electron chi connectivity index (χ1n) is 6.94. The van der Waals surface area contributed by atoms with E-state index < -0.39 is 0 Å². The molecule has 1 aliphatic heterocycles. The largest absolute Gasteiger partial charge is 0.339 e. The van der Waals surface area contributed by atoms with Crippen molar-refractivity contribution < 1.29 is 4.79 Å². The normalized spacial score (nSPS) is 19.0. The van der Waals surface area contributed by atoms with Gasteiger partial charge in [0.1, 0.15) is 0 Å². The maximum atomic E-state index is 12.2. The van der Waals surface area contributed by atoms with E-state index in [0.29, 0.717) is 0 Å². The van der Waals surface area contributed by atoms with Gasteiger partial charge in [-0.15, -0.1) is 0 Å². The molecular weight excluding hydrogens is 282 g/mol. The molecule has 0 saturated heterocycles. The van der Waals surface area contributed by atoms with Crippen LogP contribution >= 0.6 is 12.6 Å². The van der Waals surface area contributed by atoms with Crippen molar-refractivity contribution in [2.24, 2.45) is 5.10 Å². The van der Waals surface area contributed by atoms with Crippen LogP contribution in [0, 0.1) is 0 Å². The molecule has 0 aromatic heterocycles. The molecule has 2 unspecified atom stereocenters. The van der Waals surface area contributed by atoms with Crippen molar-refractivity contribution in [1.29, 1.82) is 0 Å². The Morgan fingerprint density at radius 2 is 2.10 bits per heavy atom. The number of nitrogens with zero attached hydrogens (tertiary/aromatic N) is 2. The minimum atomic E-state index is -0.218. The second-order valence-electron chi connectivity index (χ2n) is 5.13. The first-order valence-corrected chi connectivity index (χ1v) is 7.46. The molecule has 0 bridgehead atoms. The van der Waals surface area contributed by atoms with Crippen LogP contribution in [0.5, 0.6) is 0 Å². The summed E-state index contributed by atoms with van der Waals surface area (Å²) in [4.78, 5) is 12.2. The maximum absolute atomic E-state index is 12.2. The van der Waals surface area contributed by atoms with Crippen LogP contribution in [-0.4, -0.2) is 22.6 Å². The quantitative estimate of drug-likeness (QED) is 0.646. The van der Waals surface area contributed by atoms with Gasteiger partial charge in [-0.05, 0) is 29.3 Å². The first kappa shape index (κ1) is 13.9. The van der Waals surface area contributed by atoms with Crippen molar-refractivity contribution in [2.45, 2.75) is 24.8 Å². The number of amides is 2. The molecule has 0 fully saturated rings. The highest BCUT2D eigenvalue weighted by Gasteiger charge is 2.28. The summed E-state index contributed by atoms with van der Waals surface area (Å²) in [5.74, 6) is 0. The van der Waals surface area contributed by atoms with Crippen LogP contribution in [0.25, 0.3) is 10.8 Å². The molecule has 2 aromatic carbocycles. The lowest BCUT2D eigenvalue weighted by Crippen LogP contribution is -2.39. The average Bonchev–Trinajstić information content (AvgIpc) is 2.95. The number of hydrazone groups is 1. The number of benzene rings is 2. The van der Waals surface area contributed by atoms with Gasteiger partial charge in [-0.2, -0.15) is 17.7 Å². The number of thiol groups is 1. The summed E-state index contributed by atoms with van der Waals surface area (Å²) >= 11 is 4.18. The Morgan fingerprint density at radius 3 is 2.86 bits per heavy atom. The Bertz CT molecular complexity index is 699. The number of rotatable bonds is 2. The highest BCUT2D eigenvalue weighted by molar-refractivity contribution is 7.80. The van der Waals surface area contributed by atoms with E-state index in [-0.39, 0.29) is 17.4 Å². The average molecular weight is 299 g/mol. The Hall–Kier alpha value is -2.01. The van der Waals surface area contributed by atoms with Gasteiger partial charge in [0.25, 0.3) is 0 Å². The maximum Gasteiger partial charge on any atom is 0.339 e. The number of hydrogen-bond acceptors (Lipinski definition) is 3. The van der Waals surface area contributed by atoms with Gasteiger partial charge in [0.15, 0.2) is 0 Å². The van der Waals surface area contributed by atoms with Crippen molar-refractivity contribution >= 4 is 35.6 Å². The molecule has 5 heteroatoms. The molecule has 0 spiro atoms. The molecule has 21 heavy (non-hydrogen) atoms. The topological polar surface area (TPSA) is 44.7 Å². The second kappa shape index (κ2) is 5.77. The van der Waals surface area contributed by atoms with E-state index in [9.17, 15) is 4.79 Å². The van der Waals surface area contributed by atoms with Crippen LogP contribution in [-0.2, 0) is 0 Å². The minimum Gasteiger partial charge on any atom is -0.325 e. The summed E-state index contributed by atoms with van der Waals surface area (Å²) < 4.78 is 0. The fourth-order valence-electron chi connectivity index (χ4n) is 2.55. The van der Waals surface area contributed by atoms with E-state index in [1.807, 2.05) is 19.1 Å². The van der Waals surface area contributed by atoms with Crippen LogP contribution in [0.2, 0.25) is 0 Å². The Kier molecular flexibility index (Phi) is 3.84. The molecule has 1 heterocycles. The molecule has 0 aliphatic carbocycles. The number of nitrogens with one attached hydrogen (secondary N) is 1. The third-order valence-corrected chi connectivity index (χ3v) is 3.66. The van der Waals surface area contributed by atoms with E-state index in [2.05, 4.69) is 53.4 Å². The SMILES string of the molecule is CC(S)NC(=O)N1N=CCC1c1ccc2ccccc2c1. The zero-order valence-electron chi connectivity index (χ0n) is 11.7. The predicted octanol–water partition coefficient (Wildman–Crippen LogP) is 3.56. The third-order valence-electron chi connectivity index (χ3n) is 3.53. The molecule has 3 rings (SSSR count). The van der Waals surface area contributed by atoms with Crippen LogP contribution < -0.4 is 5.32 Å². The zero-order chi connectivity index (χ0) is 14.8. The summed E-state index contributed by atoms with van der Waals surface area (Å²) in [7, 11) is 0. The molecule has 2 amide bonds. The van der Waals surface area contributed by atoms with E-state index >= 15 is 0 Å². The highest BCUT2D eigenvalue weighted by atomic mass is 32.1. The molecule has 2 aromatic rings. The fraction of sp³-hybridized carbons (Fsp3) is 0.250. The molecule has 4 nitrogen and oxygen atoms in total. The van der Waals surface area contributed by atoms with E-state index in [4.69, 9.17) is 0 Å². The number of hydrogen-bond donors (Lipinski definition) is 2. The predicted molar refractivity (Wildman–Crippen MR) is 88.6 cm³/mol. The highest BCUT2D eigenvalue weighted by Crippen LogP contribution is 2.30. The van der Waals surface area contributed by atoms with Gasteiger partial charge in [0.2, 0.25) is 0 Å². The molecule has 1 N–H and O–H groups in total. The summed E-state index contributed by atoms with van der Waals surface area (Å²) in [5, 5.41) is 10.6. The van der Waals surface area contributed by atoms with Gasteiger partial charge in [0.05, 0.1) is 11.4 Å². The van der Waals surface area contributed by atoms with E-state index in [0.717, 1.165) is 12.0 Å². The minimum absolute atomic E-state index is 0.0540. The molecule has 0 saturated carbocycles. The summed E-state index contributed by atoms with van der Waals surface area (Å²) in [5.41, 5.74) is 1.09. The van der Waals surface area contributed by atoms with Gasteiger partial charge in [0, 0.05) is 12.6 Å². The van der Waals surface area contributed by atoms with Crippen LogP contribution in [0.1, 0.15) is 24.9 Å². The van der Waals surface area contributed by atoms with Gasteiger partial charge in [-0.1, -0.05) is 36.4 Å². The van der Waals surface area contributed by atoms with E-state index in [1.165, 1.54) is 15.8 Å². The molecule has 108 valence electrons. The molecule has 1 aliphatic rings. The van der Waals surface area contributed by atoms with Crippen molar-refractivity contribution in [1.82, 2.24) is 10.3 Å². The summed E-state index contributed by atoms with van der Waals surface area (Å²) in [6.07, 6.45) is 2.51. The molecule has 0 radical (unpaired) electrons.